The average Bonchev–Trinajstić information content (AvgIpc) is 2.40. The molecule has 0 fully saturated rings. The van der Waals surface area contributed by atoms with Crippen molar-refractivity contribution in [1.29, 1.82) is 0 Å². The number of fused-ring (bicyclic) bond motifs is 1. The van der Waals surface area contributed by atoms with Crippen LogP contribution in [-0.2, 0) is 0 Å². The number of halogens is 2. The molecule has 106 valence electrons. The van der Waals surface area contributed by atoms with E-state index in [1.807, 2.05) is 45.0 Å². The summed E-state index contributed by atoms with van der Waals surface area (Å²) in [7, 11) is 0. The lowest BCUT2D eigenvalue weighted by Gasteiger charge is -2.10. The molecule has 4 heteroatoms. The van der Waals surface area contributed by atoms with Crippen LogP contribution in [0.25, 0.3) is 22.3 Å². The first-order chi connectivity index (χ1) is 9.97. The van der Waals surface area contributed by atoms with Crippen LogP contribution in [0.5, 0.6) is 0 Å². The van der Waals surface area contributed by atoms with Gasteiger partial charge in [0.15, 0.2) is 5.82 Å². The molecule has 0 saturated heterocycles. The van der Waals surface area contributed by atoms with Crippen LogP contribution in [0.15, 0.2) is 30.3 Å². The van der Waals surface area contributed by atoms with Crippen molar-refractivity contribution in [2.45, 2.75) is 20.8 Å². The van der Waals surface area contributed by atoms with Gasteiger partial charge >= 0.3 is 0 Å². The van der Waals surface area contributed by atoms with E-state index in [4.69, 9.17) is 23.2 Å². The number of benzene rings is 2. The highest BCUT2D eigenvalue weighted by Crippen LogP contribution is 2.31. The third kappa shape index (κ3) is 2.50. The van der Waals surface area contributed by atoms with Gasteiger partial charge in [0.2, 0.25) is 0 Å². The summed E-state index contributed by atoms with van der Waals surface area (Å²) >= 11 is 12.6. The molecular weight excluding hydrogens is 303 g/mol. The van der Waals surface area contributed by atoms with E-state index >= 15 is 0 Å². The molecule has 0 radical (unpaired) electrons. The number of nitrogens with zero attached hydrogens (tertiary/aromatic N) is 2. The quantitative estimate of drug-likeness (QED) is 0.552. The Labute approximate surface area is 133 Å². The smallest absolute Gasteiger partial charge is 0.161 e. The monoisotopic (exact) mass is 316 g/mol. The van der Waals surface area contributed by atoms with Crippen molar-refractivity contribution >= 4 is 34.1 Å². The lowest BCUT2D eigenvalue weighted by Crippen LogP contribution is -1.96. The van der Waals surface area contributed by atoms with Crippen LogP contribution >= 0.6 is 23.2 Å². The molecule has 2 aromatic carbocycles. The van der Waals surface area contributed by atoms with Crippen LogP contribution in [0.3, 0.4) is 0 Å². The lowest BCUT2D eigenvalue weighted by molar-refractivity contribution is 1.20. The van der Waals surface area contributed by atoms with E-state index in [9.17, 15) is 0 Å². The van der Waals surface area contributed by atoms with Crippen molar-refractivity contribution in [2.24, 2.45) is 0 Å². The normalized spacial score (nSPS) is 11.1. The molecule has 2 nitrogen and oxygen atoms in total. The Morgan fingerprint density at radius 2 is 1.71 bits per heavy atom. The molecule has 3 rings (SSSR count). The third-order valence-corrected chi connectivity index (χ3v) is 4.29. The largest absolute Gasteiger partial charge is 0.228 e. The molecule has 0 saturated carbocycles. The highest BCUT2D eigenvalue weighted by atomic mass is 35.5. The van der Waals surface area contributed by atoms with Gasteiger partial charge in [0.25, 0.3) is 0 Å². The number of aromatic nitrogens is 2. The predicted molar refractivity (Wildman–Crippen MR) is 89.2 cm³/mol. The SMILES string of the molecule is Cc1cc(C)c2c(Cl)nc(-c3cccc(Cl)c3C)nc2c1. The Hall–Kier alpha value is -1.64. The van der Waals surface area contributed by atoms with Gasteiger partial charge in [0, 0.05) is 16.0 Å². The summed E-state index contributed by atoms with van der Waals surface area (Å²) in [6.07, 6.45) is 0. The van der Waals surface area contributed by atoms with Gasteiger partial charge in [-0.15, -0.1) is 0 Å². The zero-order chi connectivity index (χ0) is 15.1. The van der Waals surface area contributed by atoms with E-state index in [2.05, 4.69) is 16.0 Å². The highest BCUT2D eigenvalue weighted by molar-refractivity contribution is 6.34. The highest BCUT2D eigenvalue weighted by Gasteiger charge is 2.13. The lowest BCUT2D eigenvalue weighted by atomic mass is 10.1. The zero-order valence-electron chi connectivity index (χ0n) is 12.0. The van der Waals surface area contributed by atoms with Crippen LogP contribution in [-0.4, -0.2) is 9.97 Å². The topological polar surface area (TPSA) is 25.8 Å². The second kappa shape index (κ2) is 5.28. The number of hydrogen-bond acceptors (Lipinski definition) is 2. The van der Waals surface area contributed by atoms with Gasteiger partial charge in [0.05, 0.1) is 5.52 Å². The number of hydrogen-bond donors (Lipinski definition) is 0. The number of rotatable bonds is 1. The Morgan fingerprint density at radius 3 is 2.48 bits per heavy atom. The third-order valence-electron chi connectivity index (χ3n) is 3.60. The minimum atomic E-state index is 0.479. The second-order valence-corrected chi connectivity index (χ2v) is 5.99. The van der Waals surface area contributed by atoms with Crippen molar-refractivity contribution in [3.8, 4) is 11.4 Å². The van der Waals surface area contributed by atoms with Gasteiger partial charge in [-0.1, -0.05) is 41.4 Å². The molecule has 0 aliphatic carbocycles. The fourth-order valence-corrected chi connectivity index (χ4v) is 3.06. The zero-order valence-corrected chi connectivity index (χ0v) is 13.5. The molecule has 3 aromatic rings. The molecule has 0 unspecified atom stereocenters. The van der Waals surface area contributed by atoms with Gasteiger partial charge in [-0.05, 0) is 49.6 Å². The molecule has 0 amide bonds. The minimum absolute atomic E-state index is 0.479. The fraction of sp³-hybridized carbons (Fsp3) is 0.176. The van der Waals surface area contributed by atoms with Crippen molar-refractivity contribution in [3.05, 3.63) is 57.2 Å². The Morgan fingerprint density at radius 1 is 0.952 bits per heavy atom. The summed E-state index contributed by atoms with van der Waals surface area (Å²) in [5.41, 5.74) is 4.97. The second-order valence-electron chi connectivity index (χ2n) is 5.23. The van der Waals surface area contributed by atoms with Gasteiger partial charge in [-0.2, -0.15) is 0 Å². The summed E-state index contributed by atoms with van der Waals surface area (Å²) < 4.78 is 0. The van der Waals surface area contributed by atoms with E-state index < -0.39 is 0 Å². The summed E-state index contributed by atoms with van der Waals surface area (Å²) in [4.78, 5) is 9.14. The van der Waals surface area contributed by atoms with E-state index in [1.165, 1.54) is 0 Å². The first-order valence-corrected chi connectivity index (χ1v) is 7.43. The molecule has 1 heterocycles. The van der Waals surface area contributed by atoms with Crippen molar-refractivity contribution in [2.75, 3.05) is 0 Å². The Bertz CT molecular complexity index is 857. The molecule has 0 atom stereocenters. The molecule has 0 aliphatic rings. The summed E-state index contributed by atoms with van der Waals surface area (Å²) in [5.74, 6) is 0.609. The van der Waals surface area contributed by atoms with Crippen molar-refractivity contribution < 1.29 is 0 Å². The summed E-state index contributed by atoms with van der Waals surface area (Å²) in [5, 5.41) is 2.09. The fourth-order valence-electron chi connectivity index (χ4n) is 2.56. The first-order valence-electron chi connectivity index (χ1n) is 6.67. The molecule has 0 N–H and O–H groups in total. The molecule has 0 aliphatic heterocycles. The molecule has 0 bridgehead atoms. The van der Waals surface area contributed by atoms with E-state index in [0.29, 0.717) is 16.0 Å². The van der Waals surface area contributed by atoms with E-state index in [-0.39, 0.29) is 0 Å². The van der Waals surface area contributed by atoms with Gasteiger partial charge in [-0.3, -0.25) is 0 Å². The van der Waals surface area contributed by atoms with Gasteiger partial charge < -0.3 is 0 Å². The maximum Gasteiger partial charge on any atom is 0.161 e. The maximum atomic E-state index is 6.38. The van der Waals surface area contributed by atoms with Crippen LogP contribution in [0, 0.1) is 20.8 Å². The summed E-state index contributed by atoms with van der Waals surface area (Å²) in [6, 6.07) is 9.83. The average molecular weight is 317 g/mol. The first kappa shape index (κ1) is 14.3. The Balaban J connectivity index is 2.33. The maximum absolute atomic E-state index is 6.38. The van der Waals surface area contributed by atoms with Crippen molar-refractivity contribution in [1.82, 2.24) is 9.97 Å². The van der Waals surface area contributed by atoms with Crippen LogP contribution < -0.4 is 0 Å². The van der Waals surface area contributed by atoms with Crippen LogP contribution in [0.1, 0.15) is 16.7 Å². The Kier molecular flexibility index (Phi) is 3.60. The minimum Gasteiger partial charge on any atom is -0.228 e. The van der Waals surface area contributed by atoms with Crippen LogP contribution in [0.2, 0.25) is 10.2 Å². The van der Waals surface area contributed by atoms with Crippen molar-refractivity contribution in [3.63, 3.8) is 0 Å². The molecule has 0 spiro atoms. The molecule has 21 heavy (non-hydrogen) atoms. The van der Waals surface area contributed by atoms with Gasteiger partial charge in [-0.25, -0.2) is 9.97 Å². The summed E-state index contributed by atoms with van der Waals surface area (Å²) in [6.45, 7) is 6.03. The van der Waals surface area contributed by atoms with E-state index in [1.54, 1.807) is 0 Å². The van der Waals surface area contributed by atoms with Crippen LogP contribution in [0.4, 0.5) is 0 Å². The van der Waals surface area contributed by atoms with Gasteiger partial charge in [0.1, 0.15) is 5.15 Å². The molecule has 1 aromatic heterocycles. The molecular formula is C17H14Cl2N2. The standard InChI is InChI=1S/C17H14Cl2N2/c1-9-7-10(2)15-14(8-9)20-17(21-16(15)19)12-5-4-6-13(18)11(12)3/h4-8H,1-3H3. The predicted octanol–water partition coefficient (Wildman–Crippen LogP) is 5.53. The number of aryl methyl sites for hydroxylation is 2. The van der Waals surface area contributed by atoms with E-state index in [0.717, 1.165) is 33.2 Å².